The van der Waals surface area contributed by atoms with Crippen molar-refractivity contribution >= 4 is 28.4 Å². The van der Waals surface area contributed by atoms with Crippen molar-refractivity contribution in [3.8, 4) is 16.5 Å². The smallest absolute Gasteiger partial charge is 0.162 e. The lowest BCUT2D eigenvalue weighted by Crippen LogP contribution is -2.55. The summed E-state index contributed by atoms with van der Waals surface area (Å²) in [4.78, 5) is 13.1. The van der Waals surface area contributed by atoms with Gasteiger partial charge in [0.15, 0.2) is 5.82 Å². The van der Waals surface area contributed by atoms with Crippen LogP contribution in [0, 0.1) is 32.4 Å². The highest BCUT2D eigenvalue weighted by molar-refractivity contribution is 7.15. The van der Waals surface area contributed by atoms with Crippen LogP contribution in [0.25, 0.3) is 5.00 Å². The van der Waals surface area contributed by atoms with Gasteiger partial charge in [-0.1, -0.05) is 30.3 Å². The molecule has 0 saturated carbocycles. The summed E-state index contributed by atoms with van der Waals surface area (Å²) in [6.07, 6.45) is 2.69. The summed E-state index contributed by atoms with van der Waals surface area (Å²) in [7, 11) is 1.70. The highest BCUT2D eigenvalue weighted by atomic mass is 32.1. The fourth-order valence-corrected chi connectivity index (χ4v) is 11.9. The number of anilines is 2. The van der Waals surface area contributed by atoms with E-state index in [-0.39, 0.29) is 35.3 Å². The molecule has 5 heterocycles. The zero-order chi connectivity index (χ0) is 44.4. The Kier molecular flexibility index (Phi) is 11.1. The van der Waals surface area contributed by atoms with Crippen LogP contribution in [-0.2, 0) is 6.42 Å². The molecule has 6 aromatic rings. The quantitative estimate of drug-likeness (QED) is 0.156. The molecule has 10 nitrogen and oxygen atoms in total. The maximum Gasteiger partial charge on any atom is 0.162 e. The van der Waals surface area contributed by atoms with Gasteiger partial charge in [0, 0.05) is 90.7 Å². The molecule has 332 valence electrons. The third-order valence-corrected chi connectivity index (χ3v) is 15.5. The number of aromatic hydroxyl groups is 1. The number of piperidine rings is 1. The van der Waals surface area contributed by atoms with Crippen LogP contribution in [0.15, 0.2) is 83.9 Å². The van der Waals surface area contributed by atoms with E-state index in [1.165, 1.54) is 6.07 Å². The van der Waals surface area contributed by atoms with Gasteiger partial charge in [-0.2, -0.15) is 0 Å². The summed E-state index contributed by atoms with van der Waals surface area (Å²) >= 11 is 1.66. The summed E-state index contributed by atoms with van der Waals surface area (Å²) in [5, 5.41) is 31.9. The van der Waals surface area contributed by atoms with E-state index in [1.807, 2.05) is 50.2 Å². The van der Waals surface area contributed by atoms with Gasteiger partial charge in [-0.3, -0.25) is 14.5 Å². The Bertz CT molecular complexity index is 2770. The van der Waals surface area contributed by atoms with Gasteiger partial charge in [0.1, 0.15) is 40.0 Å². The van der Waals surface area contributed by atoms with Crippen LogP contribution in [0.3, 0.4) is 0 Å². The third-order valence-electron chi connectivity index (χ3n) is 14.3. The molecule has 3 atom stereocenters. The first-order valence-electron chi connectivity index (χ1n) is 22.5. The SMILES string of the molecule is COc1cc(N2CCN(CC3(O)CCN(c4ccc(C5=N[C@@H](C)c6nnc(C)n6-c6sc(C)c(C)c65)c(F)c4)CC3)CC2)ccc1[C@H]1c2ccc(O)cc2CC[C@H]1c1ccccc1F. The second-order valence-electron chi connectivity index (χ2n) is 18.2. The molecular formula is C51H55F2N7O3S. The van der Waals surface area contributed by atoms with Crippen LogP contribution >= 0.6 is 11.3 Å². The number of thiophene rings is 1. The number of halogens is 2. The number of rotatable bonds is 8. The first-order valence-corrected chi connectivity index (χ1v) is 23.3. The fraction of sp³-hybridized carbons (Fsp3) is 0.392. The number of fused-ring (bicyclic) bond motifs is 4. The number of hydrogen-bond acceptors (Lipinski definition) is 10. The third kappa shape index (κ3) is 7.54. The lowest BCUT2D eigenvalue weighted by molar-refractivity contribution is -0.0173. The Morgan fingerprint density at radius 2 is 1.53 bits per heavy atom. The summed E-state index contributed by atoms with van der Waals surface area (Å²) < 4.78 is 39.8. The molecule has 0 bridgehead atoms. The molecule has 0 amide bonds. The van der Waals surface area contributed by atoms with Gasteiger partial charge >= 0.3 is 0 Å². The molecule has 2 saturated heterocycles. The number of ether oxygens (including phenoxy) is 1. The van der Waals surface area contributed by atoms with E-state index in [2.05, 4.69) is 61.5 Å². The van der Waals surface area contributed by atoms with Gasteiger partial charge in [0.2, 0.25) is 0 Å². The number of nitrogens with zero attached hydrogens (tertiary/aromatic N) is 7. The Morgan fingerprint density at radius 1 is 0.812 bits per heavy atom. The molecule has 2 aromatic heterocycles. The Hall–Kier alpha value is -5.63. The van der Waals surface area contributed by atoms with Gasteiger partial charge in [-0.25, -0.2) is 8.78 Å². The number of aryl methyl sites for hydroxylation is 3. The predicted octanol–water partition coefficient (Wildman–Crippen LogP) is 9.17. The summed E-state index contributed by atoms with van der Waals surface area (Å²) in [5.41, 5.74) is 8.05. The molecule has 2 fully saturated rings. The minimum atomic E-state index is -0.836. The molecule has 0 spiro atoms. The van der Waals surface area contributed by atoms with E-state index < -0.39 is 5.60 Å². The molecule has 4 aliphatic rings. The van der Waals surface area contributed by atoms with E-state index in [4.69, 9.17) is 9.73 Å². The molecule has 10 rings (SSSR count). The lowest BCUT2D eigenvalue weighted by atomic mass is 9.69. The molecule has 1 aliphatic carbocycles. The van der Waals surface area contributed by atoms with Crippen LogP contribution in [-0.4, -0.2) is 94.1 Å². The van der Waals surface area contributed by atoms with Gasteiger partial charge in [0.05, 0.1) is 18.4 Å². The summed E-state index contributed by atoms with van der Waals surface area (Å²) in [5.74, 6) is 1.80. The minimum Gasteiger partial charge on any atom is -0.508 e. The largest absolute Gasteiger partial charge is 0.508 e. The van der Waals surface area contributed by atoms with Crippen molar-refractivity contribution in [1.29, 1.82) is 0 Å². The van der Waals surface area contributed by atoms with Crippen molar-refractivity contribution < 1.29 is 23.7 Å². The Balaban J connectivity index is 0.793. The monoisotopic (exact) mass is 883 g/mol. The predicted molar refractivity (Wildman–Crippen MR) is 249 cm³/mol. The first kappa shape index (κ1) is 42.3. The van der Waals surface area contributed by atoms with Gasteiger partial charge < -0.3 is 24.7 Å². The van der Waals surface area contributed by atoms with Crippen LogP contribution in [0.2, 0.25) is 0 Å². The molecule has 64 heavy (non-hydrogen) atoms. The van der Waals surface area contributed by atoms with Gasteiger partial charge in [0.25, 0.3) is 0 Å². The van der Waals surface area contributed by atoms with Crippen LogP contribution in [0.4, 0.5) is 20.2 Å². The number of β-amino-alcohol motifs (C(OH)–C–C–N with tert-alkyl or cyclic N) is 1. The van der Waals surface area contributed by atoms with Crippen LogP contribution in [0.5, 0.6) is 11.5 Å². The fourth-order valence-electron chi connectivity index (χ4n) is 10.7. The first-order chi connectivity index (χ1) is 30.9. The molecule has 0 unspecified atom stereocenters. The van der Waals surface area contributed by atoms with E-state index in [0.29, 0.717) is 49.3 Å². The second kappa shape index (κ2) is 16.7. The Morgan fingerprint density at radius 3 is 2.28 bits per heavy atom. The highest BCUT2D eigenvalue weighted by Crippen LogP contribution is 2.50. The summed E-state index contributed by atoms with van der Waals surface area (Å²) in [6.45, 7) is 13.1. The normalized spacial score (nSPS) is 20.9. The van der Waals surface area contributed by atoms with Crippen LogP contribution < -0.4 is 14.5 Å². The standard InChI is InChI=1S/C51H55F2N7O3S/c1-30-32(3)64-50-46(30)48(54-31(2)49-56-55-33(4)60(49)50)41-15-11-35(27-44(41)53)58-20-18-51(62,19-21-58)29-57-22-24-59(25-23-57)36-12-16-42(45(28-36)63-5)47-38-17-13-37(61)26-34(38)10-14-40(47)39-8-6-7-9-43(39)52/h6-9,11-13,15-17,26-28,31,40,47,61-62H,10,14,18-25,29H2,1-5H3/t31-,40-,47-/m0/s1. The number of aliphatic hydroxyl groups is 1. The zero-order valence-corrected chi connectivity index (χ0v) is 37.9. The second-order valence-corrected chi connectivity index (χ2v) is 19.4. The number of aromatic nitrogens is 3. The van der Waals surface area contributed by atoms with Crippen molar-refractivity contribution in [2.45, 2.75) is 76.9 Å². The van der Waals surface area contributed by atoms with Crippen LogP contribution in [0.1, 0.15) is 99.5 Å². The number of benzene rings is 4. The van der Waals surface area contributed by atoms with E-state index in [0.717, 1.165) is 105 Å². The number of hydrogen-bond donors (Lipinski definition) is 2. The molecular weight excluding hydrogens is 829 g/mol. The van der Waals surface area contributed by atoms with E-state index >= 15 is 8.78 Å². The number of piperazine rings is 1. The number of methoxy groups -OCH3 is 1. The Labute approximate surface area is 377 Å². The zero-order valence-electron chi connectivity index (χ0n) is 37.1. The molecule has 13 heteroatoms. The highest BCUT2D eigenvalue weighted by Gasteiger charge is 2.38. The van der Waals surface area contributed by atoms with Crippen molar-refractivity contribution in [3.05, 3.63) is 146 Å². The maximum atomic E-state index is 16.3. The molecule has 2 N–H and O–H groups in total. The lowest BCUT2D eigenvalue weighted by Gasteiger charge is -2.44. The van der Waals surface area contributed by atoms with Gasteiger partial charge in [-0.15, -0.1) is 21.5 Å². The van der Waals surface area contributed by atoms with Crippen molar-refractivity contribution in [3.63, 3.8) is 0 Å². The van der Waals surface area contributed by atoms with Crippen molar-refractivity contribution in [1.82, 2.24) is 19.7 Å². The summed E-state index contributed by atoms with van der Waals surface area (Å²) in [6, 6.07) is 24.2. The number of phenolic OH excluding ortho intramolecular Hbond substituents is 1. The molecule has 4 aromatic carbocycles. The maximum absolute atomic E-state index is 16.3. The number of aliphatic imine (C=N–C) groups is 1. The van der Waals surface area contributed by atoms with E-state index in [9.17, 15) is 10.2 Å². The van der Waals surface area contributed by atoms with Crippen molar-refractivity contribution in [2.75, 3.05) is 62.7 Å². The minimum absolute atomic E-state index is 0.0868. The average Bonchev–Trinajstić information content (AvgIpc) is 3.78. The van der Waals surface area contributed by atoms with E-state index in [1.54, 1.807) is 36.6 Å². The average molecular weight is 884 g/mol. The molecule has 3 aliphatic heterocycles. The van der Waals surface area contributed by atoms with Gasteiger partial charge in [-0.05, 0) is 124 Å². The van der Waals surface area contributed by atoms with Crippen molar-refractivity contribution in [2.24, 2.45) is 4.99 Å². The number of phenols is 1. The topological polar surface area (TPSA) is 102 Å². The molecule has 0 radical (unpaired) electrons.